The van der Waals surface area contributed by atoms with Gasteiger partial charge in [-0.25, -0.2) is 4.98 Å². The minimum atomic E-state index is -1.16. The van der Waals surface area contributed by atoms with E-state index in [9.17, 15) is 4.21 Å². The molecule has 1 aromatic heterocycles. The van der Waals surface area contributed by atoms with Crippen LogP contribution < -0.4 is 10.5 Å². The highest BCUT2D eigenvalue weighted by Gasteiger charge is 2.13. The molecule has 0 saturated heterocycles. The van der Waals surface area contributed by atoms with E-state index < -0.39 is 10.8 Å². The van der Waals surface area contributed by atoms with E-state index in [1.807, 2.05) is 12.1 Å². The van der Waals surface area contributed by atoms with Gasteiger partial charge in [-0.05, 0) is 35.7 Å². The molecular formula is C15H16N2O2S. The highest BCUT2D eigenvalue weighted by atomic mass is 32.2. The second kappa shape index (κ2) is 5.63. The van der Waals surface area contributed by atoms with Gasteiger partial charge in [-0.3, -0.25) is 4.21 Å². The van der Waals surface area contributed by atoms with Crippen LogP contribution in [0.3, 0.4) is 0 Å². The highest BCUT2D eigenvalue weighted by molar-refractivity contribution is 7.85. The molecule has 2 N–H and O–H groups in total. The number of ether oxygens (including phenoxy) is 1. The fourth-order valence-corrected chi connectivity index (χ4v) is 3.42. The van der Waals surface area contributed by atoms with Crippen LogP contribution in [-0.2, 0) is 23.6 Å². The normalized spacial score (nSPS) is 14.6. The van der Waals surface area contributed by atoms with Crippen molar-refractivity contribution in [3.63, 3.8) is 0 Å². The Balaban J connectivity index is 1.68. The van der Waals surface area contributed by atoms with Crippen LogP contribution in [0.2, 0.25) is 0 Å². The molecule has 1 aliphatic rings. The van der Waals surface area contributed by atoms with Crippen LogP contribution in [0.1, 0.15) is 11.1 Å². The average molecular weight is 288 g/mol. The Kier molecular flexibility index (Phi) is 3.69. The molecule has 1 unspecified atom stereocenters. The molecular weight excluding hydrogens is 272 g/mol. The molecule has 20 heavy (non-hydrogen) atoms. The lowest BCUT2D eigenvalue weighted by molar-refractivity contribution is 0.357. The van der Waals surface area contributed by atoms with Crippen LogP contribution in [-0.4, -0.2) is 21.6 Å². The Labute approximate surface area is 120 Å². The highest BCUT2D eigenvalue weighted by Crippen LogP contribution is 2.26. The number of hydrogen-bond donors (Lipinski definition) is 1. The lowest BCUT2D eigenvalue weighted by atomic mass is 10.1. The number of nitrogen functional groups attached to an aromatic ring is 1. The van der Waals surface area contributed by atoms with E-state index in [1.54, 1.807) is 18.3 Å². The van der Waals surface area contributed by atoms with Gasteiger partial charge in [0.2, 0.25) is 0 Å². The standard InChI is InChI=1S/C15H16N2O2S/c16-13-2-1-7-17-15(13)20(18)9-6-11-3-4-14-12(10-11)5-8-19-14/h1-4,7,10H,5-6,8-9,16H2. The van der Waals surface area contributed by atoms with Crippen molar-refractivity contribution in [1.29, 1.82) is 0 Å². The van der Waals surface area contributed by atoms with Crippen molar-refractivity contribution < 1.29 is 8.95 Å². The molecule has 0 spiro atoms. The number of aryl methyl sites for hydroxylation is 1. The van der Waals surface area contributed by atoms with Crippen LogP contribution >= 0.6 is 0 Å². The number of anilines is 1. The van der Waals surface area contributed by atoms with Gasteiger partial charge in [0.25, 0.3) is 0 Å². The van der Waals surface area contributed by atoms with Crippen molar-refractivity contribution in [3.8, 4) is 5.75 Å². The van der Waals surface area contributed by atoms with Gasteiger partial charge in [-0.2, -0.15) is 0 Å². The summed E-state index contributed by atoms with van der Waals surface area (Å²) in [6.07, 6.45) is 3.33. The summed E-state index contributed by atoms with van der Waals surface area (Å²) in [6, 6.07) is 9.64. The summed E-state index contributed by atoms with van der Waals surface area (Å²) in [4.78, 5) is 4.10. The SMILES string of the molecule is Nc1cccnc1S(=O)CCc1ccc2c(c1)CCO2. The van der Waals surface area contributed by atoms with Crippen molar-refractivity contribution >= 4 is 16.5 Å². The largest absolute Gasteiger partial charge is 0.493 e. The fourth-order valence-electron chi connectivity index (χ4n) is 2.30. The Morgan fingerprint density at radius 3 is 3.10 bits per heavy atom. The third-order valence-electron chi connectivity index (χ3n) is 3.35. The molecule has 104 valence electrons. The Hall–Kier alpha value is -1.88. The number of nitrogens with two attached hydrogens (primary N) is 1. The fraction of sp³-hybridized carbons (Fsp3) is 0.267. The third kappa shape index (κ3) is 2.67. The first-order valence-electron chi connectivity index (χ1n) is 6.57. The van der Waals surface area contributed by atoms with Crippen LogP contribution in [0.25, 0.3) is 0 Å². The molecule has 0 aliphatic carbocycles. The summed E-state index contributed by atoms with van der Waals surface area (Å²) in [5, 5.41) is 0.483. The Morgan fingerprint density at radius 2 is 2.25 bits per heavy atom. The number of aromatic nitrogens is 1. The molecule has 0 fully saturated rings. The Morgan fingerprint density at radius 1 is 1.35 bits per heavy atom. The zero-order valence-corrected chi connectivity index (χ0v) is 11.9. The van der Waals surface area contributed by atoms with Crippen LogP contribution in [0, 0.1) is 0 Å². The maximum absolute atomic E-state index is 12.2. The first kappa shape index (κ1) is 13.1. The molecule has 1 aliphatic heterocycles. The van der Waals surface area contributed by atoms with Crippen LogP contribution in [0.15, 0.2) is 41.6 Å². The number of fused-ring (bicyclic) bond motifs is 1. The van der Waals surface area contributed by atoms with Gasteiger partial charge < -0.3 is 10.5 Å². The minimum absolute atomic E-state index is 0.483. The summed E-state index contributed by atoms with van der Waals surface area (Å²) in [5.74, 6) is 1.50. The van der Waals surface area contributed by atoms with Crippen LogP contribution in [0.5, 0.6) is 5.75 Å². The van der Waals surface area contributed by atoms with E-state index in [0.29, 0.717) is 16.5 Å². The first-order chi connectivity index (χ1) is 9.74. The molecule has 0 bridgehead atoms. The molecule has 0 saturated carbocycles. The zero-order chi connectivity index (χ0) is 13.9. The van der Waals surface area contributed by atoms with Gasteiger partial charge in [-0.1, -0.05) is 12.1 Å². The maximum Gasteiger partial charge on any atom is 0.150 e. The smallest absolute Gasteiger partial charge is 0.150 e. The molecule has 1 aromatic carbocycles. The van der Waals surface area contributed by atoms with Crippen molar-refractivity contribution in [1.82, 2.24) is 4.98 Å². The number of benzene rings is 1. The lowest BCUT2D eigenvalue weighted by Crippen LogP contribution is -2.06. The molecule has 4 nitrogen and oxygen atoms in total. The van der Waals surface area contributed by atoms with Gasteiger partial charge in [0.05, 0.1) is 23.1 Å². The van der Waals surface area contributed by atoms with E-state index in [0.717, 1.165) is 25.2 Å². The second-order valence-electron chi connectivity index (χ2n) is 4.74. The number of pyridine rings is 1. The molecule has 2 aromatic rings. The van der Waals surface area contributed by atoms with E-state index in [2.05, 4.69) is 11.1 Å². The Bertz CT molecular complexity index is 658. The predicted molar refractivity (Wildman–Crippen MR) is 79.3 cm³/mol. The maximum atomic E-state index is 12.2. The molecule has 0 radical (unpaired) electrons. The van der Waals surface area contributed by atoms with E-state index in [4.69, 9.17) is 10.5 Å². The predicted octanol–water partition coefficient (Wildman–Crippen LogP) is 1.95. The second-order valence-corrected chi connectivity index (χ2v) is 6.22. The summed E-state index contributed by atoms with van der Waals surface area (Å²) in [6.45, 7) is 0.759. The average Bonchev–Trinajstić information content (AvgIpc) is 2.92. The number of hydrogen-bond acceptors (Lipinski definition) is 4. The monoisotopic (exact) mass is 288 g/mol. The molecule has 5 heteroatoms. The van der Waals surface area contributed by atoms with E-state index in [-0.39, 0.29) is 0 Å². The lowest BCUT2D eigenvalue weighted by Gasteiger charge is -2.06. The van der Waals surface area contributed by atoms with Crippen molar-refractivity contribution in [2.45, 2.75) is 17.9 Å². The van der Waals surface area contributed by atoms with Crippen molar-refractivity contribution in [2.75, 3.05) is 18.1 Å². The topological polar surface area (TPSA) is 65.2 Å². The summed E-state index contributed by atoms with van der Waals surface area (Å²) in [5.41, 5.74) is 8.71. The van der Waals surface area contributed by atoms with Gasteiger partial charge in [0.15, 0.2) is 0 Å². The van der Waals surface area contributed by atoms with E-state index in [1.165, 1.54) is 11.1 Å². The van der Waals surface area contributed by atoms with E-state index >= 15 is 0 Å². The van der Waals surface area contributed by atoms with Crippen molar-refractivity contribution in [3.05, 3.63) is 47.7 Å². The van der Waals surface area contributed by atoms with Gasteiger partial charge in [0.1, 0.15) is 10.8 Å². The van der Waals surface area contributed by atoms with Gasteiger partial charge in [-0.15, -0.1) is 0 Å². The molecule has 1 atom stereocenters. The number of nitrogens with zero attached hydrogens (tertiary/aromatic N) is 1. The molecule has 3 rings (SSSR count). The third-order valence-corrected chi connectivity index (χ3v) is 4.69. The summed E-state index contributed by atoms with van der Waals surface area (Å²) >= 11 is 0. The number of rotatable bonds is 4. The molecule has 0 amide bonds. The van der Waals surface area contributed by atoms with Crippen molar-refractivity contribution in [2.24, 2.45) is 0 Å². The summed E-state index contributed by atoms with van der Waals surface area (Å²) < 4.78 is 17.7. The first-order valence-corrected chi connectivity index (χ1v) is 7.89. The quantitative estimate of drug-likeness (QED) is 0.934. The van der Waals surface area contributed by atoms with Crippen LogP contribution in [0.4, 0.5) is 5.69 Å². The minimum Gasteiger partial charge on any atom is -0.493 e. The zero-order valence-electron chi connectivity index (χ0n) is 11.0. The van der Waals surface area contributed by atoms with Gasteiger partial charge in [0, 0.05) is 18.4 Å². The van der Waals surface area contributed by atoms with Gasteiger partial charge >= 0.3 is 0 Å². The summed E-state index contributed by atoms with van der Waals surface area (Å²) in [7, 11) is -1.16. The molecule has 2 heterocycles.